The fourth-order valence-corrected chi connectivity index (χ4v) is 3.63. The van der Waals surface area contributed by atoms with Crippen molar-refractivity contribution < 1.29 is 9.47 Å². The number of aryl methyl sites for hydroxylation is 1. The fourth-order valence-electron chi connectivity index (χ4n) is 3.63. The summed E-state index contributed by atoms with van der Waals surface area (Å²) in [6, 6.07) is 14.7. The monoisotopic (exact) mass is 562 g/mol. The molecular formula is C24H31IN6O2. The Morgan fingerprint density at radius 2 is 2.03 bits per heavy atom. The van der Waals surface area contributed by atoms with Crippen molar-refractivity contribution in [1.29, 1.82) is 0 Å². The summed E-state index contributed by atoms with van der Waals surface area (Å²) < 4.78 is 13.5. The first kappa shape index (κ1) is 25.0. The van der Waals surface area contributed by atoms with Gasteiger partial charge in [-0.15, -0.1) is 24.0 Å². The summed E-state index contributed by atoms with van der Waals surface area (Å²) in [5, 5.41) is 11.0. The highest BCUT2D eigenvalue weighted by atomic mass is 127. The fraction of sp³-hybridized carbons (Fsp3) is 0.375. The van der Waals surface area contributed by atoms with Crippen LogP contribution in [0.15, 0.2) is 60.1 Å². The number of hydrogen-bond acceptors (Lipinski definition) is 5. The number of aliphatic imine (C=N–C) groups is 1. The normalized spacial score (nSPS) is 15.7. The lowest BCUT2D eigenvalue weighted by atomic mass is 10.1. The van der Waals surface area contributed by atoms with E-state index in [1.54, 1.807) is 19.7 Å². The van der Waals surface area contributed by atoms with Crippen LogP contribution in [0.1, 0.15) is 28.7 Å². The Bertz CT molecular complexity index is 1040. The number of hydrogen-bond donors (Lipinski definition) is 2. The smallest absolute Gasteiger partial charge is 0.191 e. The third-order valence-electron chi connectivity index (χ3n) is 5.34. The average Bonchev–Trinajstić information content (AvgIpc) is 3.50. The van der Waals surface area contributed by atoms with E-state index in [9.17, 15) is 0 Å². The third-order valence-corrected chi connectivity index (χ3v) is 5.34. The molecule has 0 saturated carbocycles. The molecule has 4 rings (SSSR count). The maximum atomic E-state index is 6.20. The number of ether oxygens (including phenoxy) is 2. The molecule has 1 atom stereocenters. The molecule has 1 aliphatic heterocycles. The van der Waals surface area contributed by atoms with Gasteiger partial charge in [-0.3, -0.25) is 4.99 Å². The van der Waals surface area contributed by atoms with Crippen LogP contribution >= 0.6 is 24.0 Å². The molecule has 2 heterocycles. The van der Waals surface area contributed by atoms with Gasteiger partial charge in [-0.1, -0.05) is 36.4 Å². The first-order chi connectivity index (χ1) is 15.7. The molecule has 9 heteroatoms. The Morgan fingerprint density at radius 1 is 1.18 bits per heavy atom. The lowest BCUT2D eigenvalue weighted by Gasteiger charge is -2.18. The molecule has 1 aromatic heterocycles. The molecule has 2 aromatic carbocycles. The molecule has 1 aliphatic rings. The van der Waals surface area contributed by atoms with Gasteiger partial charge in [0.1, 0.15) is 24.5 Å². The molecule has 33 heavy (non-hydrogen) atoms. The van der Waals surface area contributed by atoms with E-state index in [0.29, 0.717) is 26.2 Å². The van der Waals surface area contributed by atoms with E-state index >= 15 is 0 Å². The summed E-state index contributed by atoms with van der Waals surface area (Å²) in [6.07, 6.45) is 4.32. The van der Waals surface area contributed by atoms with Gasteiger partial charge < -0.3 is 20.1 Å². The van der Waals surface area contributed by atoms with Crippen molar-refractivity contribution in [1.82, 2.24) is 25.4 Å². The Morgan fingerprint density at radius 3 is 2.79 bits per heavy atom. The second-order valence-corrected chi connectivity index (χ2v) is 7.91. The highest BCUT2D eigenvalue weighted by molar-refractivity contribution is 14.0. The van der Waals surface area contributed by atoms with Gasteiger partial charge in [0.15, 0.2) is 5.96 Å². The van der Waals surface area contributed by atoms with Crippen LogP contribution in [0.2, 0.25) is 0 Å². The maximum absolute atomic E-state index is 6.20. The van der Waals surface area contributed by atoms with Crippen LogP contribution in [-0.2, 0) is 24.4 Å². The molecule has 1 saturated heterocycles. The van der Waals surface area contributed by atoms with Gasteiger partial charge in [-0.05, 0) is 29.7 Å². The molecule has 1 unspecified atom stereocenters. The van der Waals surface area contributed by atoms with Crippen molar-refractivity contribution in [2.75, 3.05) is 20.3 Å². The summed E-state index contributed by atoms with van der Waals surface area (Å²) in [6.45, 7) is 5.48. The van der Waals surface area contributed by atoms with Gasteiger partial charge in [0.25, 0.3) is 0 Å². The Hall–Kier alpha value is -2.66. The van der Waals surface area contributed by atoms with Crippen LogP contribution in [0.4, 0.5) is 0 Å². The maximum Gasteiger partial charge on any atom is 0.191 e. The number of aromatic nitrogens is 3. The number of benzene rings is 2. The van der Waals surface area contributed by atoms with Crippen molar-refractivity contribution in [3.8, 4) is 5.75 Å². The van der Waals surface area contributed by atoms with Gasteiger partial charge in [-0.25, -0.2) is 9.67 Å². The van der Waals surface area contributed by atoms with Gasteiger partial charge in [0, 0.05) is 32.1 Å². The first-order valence-corrected chi connectivity index (χ1v) is 10.9. The van der Waals surface area contributed by atoms with Crippen LogP contribution in [0.5, 0.6) is 5.75 Å². The minimum Gasteiger partial charge on any atom is -0.488 e. The largest absolute Gasteiger partial charge is 0.488 e. The molecule has 0 aliphatic carbocycles. The van der Waals surface area contributed by atoms with Crippen molar-refractivity contribution >= 4 is 29.9 Å². The second-order valence-electron chi connectivity index (χ2n) is 7.91. The second kappa shape index (κ2) is 12.5. The minimum absolute atomic E-state index is 0. The van der Waals surface area contributed by atoms with E-state index in [0.717, 1.165) is 30.3 Å². The molecular weight excluding hydrogens is 531 g/mol. The lowest BCUT2D eigenvalue weighted by molar-refractivity contribution is 0.140. The lowest BCUT2D eigenvalue weighted by Crippen LogP contribution is -2.36. The Balaban J connectivity index is 0.00000306. The molecule has 176 valence electrons. The van der Waals surface area contributed by atoms with Crippen LogP contribution in [0, 0.1) is 6.92 Å². The van der Waals surface area contributed by atoms with E-state index in [-0.39, 0.29) is 30.1 Å². The Kier molecular flexibility index (Phi) is 9.49. The highest BCUT2D eigenvalue weighted by Crippen LogP contribution is 2.23. The minimum atomic E-state index is 0. The third kappa shape index (κ3) is 7.43. The van der Waals surface area contributed by atoms with Gasteiger partial charge >= 0.3 is 0 Å². The predicted molar refractivity (Wildman–Crippen MR) is 139 cm³/mol. The van der Waals surface area contributed by atoms with Gasteiger partial charge in [0.2, 0.25) is 0 Å². The molecule has 0 bridgehead atoms. The summed E-state index contributed by atoms with van der Waals surface area (Å²) in [5.41, 5.74) is 4.62. The van der Waals surface area contributed by atoms with E-state index in [4.69, 9.17) is 9.47 Å². The summed E-state index contributed by atoms with van der Waals surface area (Å²) in [4.78, 5) is 8.36. The number of halogens is 1. The number of rotatable bonds is 8. The van der Waals surface area contributed by atoms with E-state index in [2.05, 4.69) is 75.1 Å². The molecule has 1 fully saturated rings. The predicted octanol–water partition coefficient (Wildman–Crippen LogP) is 3.29. The molecule has 2 N–H and O–H groups in total. The van der Waals surface area contributed by atoms with E-state index in [1.165, 1.54) is 16.7 Å². The molecule has 8 nitrogen and oxygen atoms in total. The molecule has 0 amide bonds. The van der Waals surface area contributed by atoms with Crippen molar-refractivity contribution in [2.45, 2.75) is 39.1 Å². The number of guanidine groups is 1. The SMILES string of the molecule is CN=C(NCc1cccc(Cn2cncn2)c1)NCc1ccc(C)cc1OC1CCOC1.I. The number of nitrogens with one attached hydrogen (secondary N) is 2. The Labute approximate surface area is 211 Å². The standard InChI is InChI=1S/C24H30N6O2.HI/c1-18-6-7-21(23(10-18)32-22-8-9-31-15-22)13-28-24(25-2)27-12-19-4-3-5-20(11-19)14-30-17-26-16-29-30;/h3-7,10-11,16-17,22H,8-9,12-15H2,1-2H3,(H2,25,27,28);1H. The van der Waals surface area contributed by atoms with Crippen LogP contribution in [-0.4, -0.2) is 47.1 Å². The zero-order valence-corrected chi connectivity index (χ0v) is 21.4. The highest BCUT2D eigenvalue weighted by Gasteiger charge is 2.18. The summed E-state index contributed by atoms with van der Waals surface area (Å²) in [5.74, 6) is 1.65. The van der Waals surface area contributed by atoms with Crippen LogP contribution < -0.4 is 15.4 Å². The number of nitrogens with zero attached hydrogens (tertiary/aromatic N) is 4. The summed E-state index contributed by atoms with van der Waals surface area (Å²) >= 11 is 0. The molecule has 0 radical (unpaired) electrons. The van der Waals surface area contributed by atoms with Crippen molar-refractivity contribution in [3.05, 3.63) is 77.4 Å². The molecule has 0 spiro atoms. The van der Waals surface area contributed by atoms with Crippen molar-refractivity contribution in [3.63, 3.8) is 0 Å². The van der Waals surface area contributed by atoms with Gasteiger partial charge in [0.05, 0.1) is 19.8 Å². The summed E-state index contributed by atoms with van der Waals surface area (Å²) in [7, 11) is 1.78. The van der Waals surface area contributed by atoms with Gasteiger partial charge in [-0.2, -0.15) is 5.10 Å². The van der Waals surface area contributed by atoms with Crippen LogP contribution in [0.3, 0.4) is 0 Å². The molecule has 3 aromatic rings. The average molecular weight is 562 g/mol. The zero-order valence-electron chi connectivity index (χ0n) is 19.0. The van der Waals surface area contributed by atoms with E-state index < -0.39 is 0 Å². The van der Waals surface area contributed by atoms with Crippen LogP contribution in [0.25, 0.3) is 0 Å². The quantitative estimate of drug-likeness (QED) is 0.249. The first-order valence-electron chi connectivity index (χ1n) is 10.9. The topological polar surface area (TPSA) is 85.6 Å². The van der Waals surface area contributed by atoms with E-state index in [1.807, 2.05) is 4.68 Å². The van der Waals surface area contributed by atoms with Crippen molar-refractivity contribution in [2.24, 2.45) is 4.99 Å². The zero-order chi connectivity index (χ0) is 22.2.